The number of carboxylic acids is 1. The molecule has 18 heavy (non-hydrogen) atoms. The molecule has 0 saturated heterocycles. The van der Waals surface area contributed by atoms with E-state index in [-0.39, 0.29) is 18.5 Å². The number of aryl methyl sites for hydroxylation is 1. The van der Waals surface area contributed by atoms with Crippen molar-refractivity contribution in [3.05, 3.63) is 16.1 Å². The first-order valence-corrected chi connectivity index (χ1v) is 6.56. The van der Waals surface area contributed by atoms with Crippen molar-refractivity contribution in [3.63, 3.8) is 0 Å². The van der Waals surface area contributed by atoms with Gasteiger partial charge >= 0.3 is 12.0 Å². The molecular formula is C11H17N3O3S. The lowest BCUT2D eigenvalue weighted by molar-refractivity contribution is -0.137. The average Bonchev–Trinajstić information content (AvgIpc) is 2.71. The maximum Gasteiger partial charge on any atom is 0.315 e. The normalized spacial score (nSPS) is 11.9. The Morgan fingerprint density at radius 3 is 2.78 bits per heavy atom. The predicted octanol–water partition coefficient (Wildman–Crippen LogP) is 1.50. The molecule has 1 aromatic heterocycles. The average molecular weight is 271 g/mol. The van der Waals surface area contributed by atoms with E-state index in [4.69, 9.17) is 5.11 Å². The Morgan fingerprint density at radius 2 is 2.28 bits per heavy atom. The maximum atomic E-state index is 11.5. The van der Waals surface area contributed by atoms with Gasteiger partial charge in [0.2, 0.25) is 0 Å². The molecule has 0 spiro atoms. The number of rotatable bonds is 6. The Bertz CT molecular complexity index is 419. The highest BCUT2D eigenvalue weighted by molar-refractivity contribution is 7.09. The van der Waals surface area contributed by atoms with E-state index in [9.17, 15) is 9.59 Å². The number of urea groups is 1. The van der Waals surface area contributed by atoms with Crippen molar-refractivity contribution < 1.29 is 14.7 Å². The number of carboxylic acid groups (broad SMARTS) is 1. The Hall–Kier alpha value is -1.63. The van der Waals surface area contributed by atoms with Crippen molar-refractivity contribution in [2.45, 2.75) is 39.3 Å². The number of nitrogens with one attached hydrogen (secondary N) is 2. The number of aromatic nitrogens is 1. The highest BCUT2D eigenvalue weighted by Gasteiger charge is 2.13. The third kappa shape index (κ3) is 5.13. The monoisotopic (exact) mass is 271 g/mol. The SMILES string of the molecule is CCC(CC(=O)O)NC(=O)NCc1nc(C)cs1. The lowest BCUT2D eigenvalue weighted by Gasteiger charge is -2.14. The van der Waals surface area contributed by atoms with Crippen molar-refractivity contribution in [2.75, 3.05) is 0 Å². The zero-order valence-electron chi connectivity index (χ0n) is 10.4. The predicted molar refractivity (Wildman–Crippen MR) is 68.6 cm³/mol. The Morgan fingerprint density at radius 1 is 1.56 bits per heavy atom. The van der Waals surface area contributed by atoms with Crippen LogP contribution in [0.3, 0.4) is 0 Å². The number of amides is 2. The standard InChI is InChI=1S/C11H17N3O3S/c1-3-8(4-10(15)16)14-11(17)12-5-9-13-7(2)6-18-9/h6,8H,3-5H2,1-2H3,(H,15,16)(H2,12,14,17). The first-order valence-electron chi connectivity index (χ1n) is 5.68. The summed E-state index contributed by atoms with van der Waals surface area (Å²) in [6.07, 6.45) is 0.510. The quantitative estimate of drug-likeness (QED) is 0.731. The molecule has 1 rings (SSSR count). The van der Waals surface area contributed by atoms with Crippen molar-refractivity contribution in [2.24, 2.45) is 0 Å². The molecule has 0 aliphatic carbocycles. The zero-order chi connectivity index (χ0) is 13.5. The molecule has 1 atom stereocenters. The topological polar surface area (TPSA) is 91.3 Å². The molecule has 0 aliphatic rings. The van der Waals surface area contributed by atoms with Crippen molar-refractivity contribution in [1.82, 2.24) is 15.6 Å². The molecule has 1 unspecified atom stereocenters. The van der Waals surface area contributed by atoms with E-state index >= 15 is 0 Å². The number of thiazole rings is 1. The van der Waals surface area contributed by atoms with Gasteiger partial charge in [0.1, 0.15) is 5.01 Å². The fraction of sp³-hybridized carbons (Fsp3) is 0.545. The molecule has 1 heterocycles. The van der Waals surface area contributed by atoms with E-state index in [1.165, 1.54) is 11.3 Å². The number of carbonyl (C=O) groups is 2. The first-order chi connectivity index (χ1) is 8.51. The minimum atomic E-state index is -0.919. The molecule has 0 radical (unpaired) electrons. The van der Waals surface area contributed by atoms with Gasteiger partial charge in [-0.2, -0.15) is 0 Å². The van der Waals surface area contributed by atoms with Crippen LogP contribution in [0.2, 0.25) is 0 Å². The summed E-state index contributed by atoms with van der Waals surface area (Å²) in [5, 5.41) is 16.7. The van der Waals surface area contributed by atoms with Gasteiger partial charge in [-0.05, 0) is 13.3 Å². The minimum absolute atomic E-state index is 0.0692. The van der Waals surface area contributed by atoms with Gasteiger partial charge in [-0.3, -0.25) is 4.79 Å². The molecule has 3 N–H and O–H groups in total. The second-order valence-corrected chi connectivity index (χ2v) is 4.86. The van der Waals surface area contributed by atoms with Crippen LogP contribution >= 0.6 is 11.3 Å². The number of aliphatic carboxylic acids is 1. The van der Waals surface area contributed by atoms with Crippen LogP contribution in [0.5, 0.6) is 0 Å². The Labute approximate surface area is 109 Å². The number of hydrogen-bond donors (Lipinski definition) is 3. The molecule has 7 heteroatoms. The number of hydrogen-bond acceptors (Lipinski definition) is 4. The summed E-state index contributed by atoms with van der Waals surface area (Å²) in [6, 6.07) is -0.712. The summed E-state index contributed by atoms with van der Waals surface area (Å²) >= 11 is 1.48. The van der Waals surface area contributed by atoms with Gasteiger partial charge in [-0.15, -0.1) is 11.3 Å². The van der Waals surface area contributed by atoms with Crippen LogP contribution in [0.1, 0.15) is 30.5 Å². The van der Waals surface area contributed by atoms with Crippen LogP contribution in [0.4, 0.5) is 4.79 Å². The summed E-state index contributed by atoms with van der Waals surface area (Å²) in [5.74, 6) is -0.919. The first kappa shape index (κ1) is 14.4. The lowest BCUT2D eigenvalue weighted by Crippen LogP contribution is -2.42. The minimum Gasteiger partial charge on any atom is -0.481 e. The largest absolute Gasteiger partial charge is 0.481 e. The molecule has 2 amide bonds. The van der Waals surface area contributed by atoms with E-state index in [0.29, 0.717) is 13.0 Å². The molecule has 0 saturated carbocycles. The van der Waals surface area contributed by atoms with Crippen LogP contribution in [0.15, 0.2) is 5.38 Å². The molecule has 1 aromatic rings. The fourth-order valence-electron chi connectivity index (χ4n) is 1.38. The van der Waals surface area contributed by atoms with Crippen LogP contribution < -0.4 is 10.6 Å². The van der Waals surface area contributed by atoms with E-state index in [2.05, 4.69) is 15.6 Å². The van der Waals surface area contributed by atoms with Crippen molar-refractivity contribution in [3.8, 4) is 0 Å². The van der Waals surface area contributed by atoms with Gasteiger partial charge < -0.3 is 15.7 Å². The van der Waals surface area contributed by atoms with Crippen molar-refractivity contribution in [1.29, 1.82) is 0 Å². The molecule has 6 nitrogen and oxygen atoms in total. The molecule has 0 fully saturated rings. The van der Waals surface area contributed by atoms with Crippen LogP contribution in [-0.2, 0) is 11.3 Å². The van der Waals surface area contributed by atoms with Gasteiger partial charge in [0, 0.05) is 17.1 Å². The summed E-state index contributed by atoms with van der Waals surface area (Å²) in [7, 11) is 0. The lowest BCUT2D eigenvalue weighted by atomic mass is 10.1. The van der Waals surface area contributed by atoms with E-state index in [0.717, 1.165) is 10.7 Å². The van der Waals surface area contributed by atoms with E-state index < -0.39 is 5.97 Å². The van der Waals surface area contributed by atoms with Crippen LogP contribution in [-0.4, -0.2) is 28.1 Å². The van der Waals surface area contributed by atoms with Gasteiger partial charge in [-0.1, -0.05) is 6.92 Å². The summed E-state index contributed by atoms with van der Waals surface area (Å²) in [4.78, 5) is 26.3. The summed E-state index contributed by atoms with van der Waals surface area (Å²) < 4.78 is 0. The second kappa shape index (κ2) is 6.95. The zero-order valence-corrected chi connectivity index (χ0v) is 11.2. The third-order valence-electron chi connectivity index (χ3n) is 2.32. The molecule has 100 valence electrons. The number of nitrogens with zero attached hydrogens (tertiary/aromatic N) is 1. The van der Waals surface area contributed by atoms with Gasteiger partial charge in [-0.25, -0.2) is 9.78 Å². The third-order valence-corrected chi connectivity index (χ3v) is 3.28. The highest BCUT2D eigenvalue weighted by Crippen LogP contribution is 2.07. The number of carbonyl (C=O) groups excluding carboxylic acids is 1. The smallest absolute Gasteiger partial charge is 0.315 e. The second-order valence-electron chi connectivity index (χ2n) is 3.91. The van der Waals surface area contributed by atoms with Crippen LogP contribution in [0, 0.1) is 6.92 Å². The van der Waals surface area contributed by atoms with E-state index in [1.807, 2.05) is 19.2 Å². The molecule has 0 aromatic carbocycles. The van der Waals surface area contributed by atoms with E-state index in [1.54, 1.807) is 0 Å². The van der Waals surface area contributed by atoms with Gasteiger partial charge in [0.05, 0.1) is 13.0 Å². The summed E-state index contributed by atoms with van der Waals surface area (Å²) in [5.41, 5.74) is 0.925. The molecule has 0 bridgehead atoms. The Kier molecular flexibility index (Phi) is 5.57. The summed E-state index contributed by atoms with van der Waals surface area (Å²) in [6.45, 7) is 4.08. The Balaban J connectivity index is 2.34. The maximum absolute atomic E-state index is 11.5. The van der Waals surface area contributed by atoms with Crippen LogP contribution in [0.25, 0.3) is 0 Å². The van der Waals surface area contributed by atoms with Gasteiger partial charge in [0.25, 0.3) is 0 Å². The fourth-order valence-corrected chi connectivity index (χ4v) is 2.10. The molecular weight excluding hydrogens is 254 g/mol. The molecule has 0 aliphatic heterocycles. The highest BCUT2D eigenvalue weighted by atomic mass is 32.1. The van der Waals surface area contributed by atoms with Crippen molar-refractivity contribution >= 4 is 23.3 Å². The van der Waals surface area contributed by atoms with Gasteiger partial charge in [0.15, 0.2) is 0 Å².